The van der Waals surface area contributed by atoms with Gasteiger partial charge < -0.3 is 4.84 Å². The molecule has 0 bridgehead atoms. The first-order valence-electron chi connectivity index (χ1n) is 6.09. The van der Waals surface area contributed by atoms with Crippen molar-refractivity contribution in [2.75, 3.05) is 6.61 Å². The summed E-state index contributed by atoms with van der Waals surface area (Å²) in [4.78, 5) is 9.44. The Morgan fingerprint density at radius 3 is 2.42 bits per heavy atom. The van der Waals surface area contributed by atoms with Crippen molar-refractivity contribution >= 4 is 21.6 Å². The minimum absolute atomic E-state index is 0.541. The highest BCUT2D eigenvalue weighted by Crippen LogP contribution is 2.14. The average Bonchev–Trinajstić information content (AvgIpc) is 2.43. The summed E-state index contributed by atoms with van der Waals surface area (Å²) in [6, 6.07) is 12.1. The largest absolute Gasteiger partial charge is 0.396 e. The fourth-order valence-corrected chi connectivity index (χ4v) is 1.86. The lowest BCUT2D eigenvalue weighted by Crippen LogP contribution is -2.05. The SMILES string of the molecule is CCO/N=C(/c1ccc(C)cc1)c1ccc(Br)nc1. The van der Waals surface area contributed by atoms with Crippen LogP contribution in [-0.2, 0) is 4.84 Å². The van der Waals surface area contributed by atoms with Gasteiger partial charge in [-0.05, 0) is 41.9 Å². The van der Waals surface area contributed by atoms with Gasteiger partial charge in [0.05, 0.1) is 0 Å². The minimum atomic E-state index is 0.541. The van der Waals surface area contributed by atoms with Crippen LogP contribution in [0.1, 0.15) is 23.6 Å². The lowest BCUT2D eigenvalue weighted by molar-refractivity contribution is 0.159. The van der Waals surface area contributed by atoms with Gasteiger partial charge in [0.25, 0.3) is 0 Å². The molecule has 19 heavy (non-hydrogen) atoms. The maximum atomic E-state index is 5.21. The molecule has 0 aliphatic carbocycles. The second-order valence-corrected chi connectivity index (χ2v) is 4.91. The molecular weight excluding hydrogens is 304 g/mol. The number of hydrogen-bond donors (Lipinski definition) is 0. The molecule has 3 nitrogen and oxygen atoms in total. The van der Waals surface area contributed by atoms with E-state index < -0.39 is 0 Å². The maximum Gasteiger partial charge on any atom is 0.118 e. The molecule has 0 saturated carbocycles. The minimum Gasteiger partial charge on any atom is -0.396 e. The van der Waals surface area contributed by atoms with E-state index in [0.717, 1.165) is 21.4 Å². The van der Waals surface area contributed by atoms with Crippen LogP contribution in [0.15, 0.2) is 52.4 Å². The van der Waals surface area contributed by atoms with E-state index in [1.54, 1.807) is 6.20 Å². The van der Waals surface area contributed by atoms with Crippen molar-refractivity contribution in [3.8, 4) is 0 Å². The van der Waals surface area contributed by atoms with Crippen molar-refractivity contribution in [1.82, 2.24) is 4.98 Å². The van der Waals surface area contributed by atoms with Gasteiger partial charge >= 0.3 is 0 Å². The van der Waals surface area contributed by atoms with E-state index in [2.05, 4.69) is 45.1 Å². The Bertz CT molecular complexity index is 514. The molecule has 0 amide bonds. The molecule has 4 heteroatoms. The molecule has 0 aliphatic rings. The van der Waals surface area contributed by atoms with E-state index in [0.29, 0.717) is 6.61 Å². The van der Waals surface area contributed by atoms with E-state index in [1.165, 1.54) is 5.56 Å². The standard InChI is InChI=1S/C15H15BrN2O/c1-3-19-18-15(12-6-4-11(2)5-7-12)13-8-9-14(16)17-10-13/h4-10H,3H2,1-2H3/b18-15-. The third-order valence-corrected chi connectivity index (χ3v) is 3.08. The first-order valence-corrected chi connectivity index (χ1v) is 6.89. The number of benzene rings is 1. The first-order chi connectivity index (χ1) is 9.20. The topological polar surface area (TPSA) is 34.5 Å². The lowest BCUT2D eigenvalue weighted by atomic mass is 10.0. The zero-order valence-corrected chi connectivity index (χ0v) is 12.5. The molecule has 1 aromatic carbocycles. The van der Waals surface area contributed by atoms with E-state index >= 15 is 0 Å². The quantitative estimate of drug-likeness (QED) is 0.486. The zero-order valence-electron chi connectivity index (χ0n) is 10.9. The van der Waals surface area contributed by atoms with Crippen molar-refractivity contribution < 1.29 is 4.84 Å². The lowest BCUT2D eigenvalue weighted by Gasteiger charge is -2.07. The van der Waals surface area contributed by atoms with Crippen LogP contribution in [0.4, 0.5) is 0 Å². The molecule has 98 valence electrons. The average molecular weight is 319 g/mol. The Morgan fingerprint density at radius 2 is 1.84 bits per heavy atom. The van der Waals surface area contributed by atoms with Crippen LogP contribution in [0.3, 0.4) is 0 Å². The number of aromatic nitrogens is 1. The number of hydrogen-bond acceptors (Lipinski definition) is 3. The normalized spacial score (nSPS) is 11.4. The second-order valence-electron chi connectivity index (χ2n) is 4.09. The summed E-state index contributed by atoms with van der Waals surface area (Å²) in [6.45, 7) is 4.51. The van der Waals surface area contributed by atoms with Crippen molar-refractivity contribution in [2.24, 2.45) is 5.16 Å². The Balaban J connectivity index is 2.41. The highest BCUT2D eigenvalue weighted by molar-refractivity contribution is 9.10. The zero-order chi connectivity index (χ0) is 13.7. The molecule has 2 rings (SSSR count). The van der Waals surface area contributed by atoms with Crippen LogP contribution >= 0.6 is 15.9 Å². The van der Waals surface area contributed by atoms with Crippen LogP contribution in [0.25, 0.3) is 0 Å². The van der Waals surface area contributed by atoms with E-state index in [4.69, 9.17) is 4.84 Å². The summed E-state index contributed by atoms with van der Waals surface area (Å²) in [5.41, 5.74) is 3.96. The predicted octanol–water partition coefficient (Wildman–Crippen LogP) is 3.94. The fourth-order valence-electron chi connectivity index (χ4n) is 1.63. The molecule has 0 unspecified atom stereocenters. The van der Waals surface area contributed by atoms with Gasteiger partial charge in [0.15, 0.2) is 0 Å². The van der Waals surface area contributed by atoms with Gasteiger partial charge in [-0.3, -0.25) is 0 Å². The molecular formula is C15H15BrN2O. The van der Waals surface area contributed by atoms with Gasteiger partial charge in [-0.2, -0.15) is 0 Å². The van der Waals surface area contributed by atoms with Crippen molar-refractivity contribution in [1.29, 1.82) is 0 Å². The molecule has 2 aromatic rings. The molecule has 0 fully saturated rings. The Hall–Kier alpha value is -1.68. The van der Waals surface area contributed by atoms with E-state index in [9.17, 15) is 0 Å². The summed E-state index contributed by atoms with van der Waals surface area (Å²) < 4.78 is 0.802. The molecule has 0 N–H and O–H groups in total. The van der Waals surface area contributed by atoms with Crippen LogP contribution in [-0.4, -0.2) is 17.3 Å². The summed E-state index contributed by atoms with van der Waals surface area (Å²) in [5.74, 6) is 0. The van der Waals surface area contributed by atoms with Gasteiger partial charge in [0, 0.05) is 17.3 Å². The van der Waals surface area contributed by atoms with Gasteiger partial charge in [-0.15, -0.1) is 0 Å². The third kappa shape index (κ3) is 3.64. The number of rotatable bonds is 4. The molecule has 0 aliphatic heterocycles. The Morgan fingerprint density at radius 1 is 1.16 bits per heavy atom. The van der Waals surface area contributed by atoms with E-state index in [-0.39, 0.29) is 0 Å². The monoisotopic (exact) mass is 318 g/mol. The smallest absolute Gasteiger partial charge is 0.118 e. The number of aryl methyl sites for hydroxylation is 1. The molecule has 0 atom stereocenters. The summed E-state index contributed by atoms with van der Waals surface area (Å²) >= 11 is 3.33. The van der Waals surface area contributed by atoms with Crippen molar-refractivity contribution in [3.05, 3.63) is 63.9 Å². The van der Waals surface area contributed by atoms with Gasteiger partial charge in [0.2, 0.25) is 0 Å². The van der Waals surface area contributed by atoms with Gasteiger partial charge in [-0.25, -0.2) is 4.98 Å². The summed E-state index contributed by atoms with van der Waals surface area (Å²) in [6.07, 6.45) is 1.78. The highest BCUT2D eigenvalue weighted by Gasteiger charge is 2.08. The molecule has 1 heterocycles. The highest BCUT2D eigenvalue weighted by atomic mass is 79.9. The number of oxime groups is 1. The van der Waals surface area contributed by atoms with Gasteiger partial charge in [-0.1, -0.05) is 35.0 Å². The number of pyridine rings is 1. The summed E-state index contributed by atoms with van der Waals surface area (Å²) in [5, 5.41) is 4.20. The Labute approximate surface area is 121 Å². The number of nitrogens with zero attached hydrogens (tertiary/aromatic N) is 2. The second kappa shape index (κ2) is 6.48. The molecule has 0 spiro atoms. The van der Waals surface area contributed by atoms with Crippen LogP contribution in [0.2, 0.25) is 0 Å². The van der Waals surface area contributed by atoms with Crippen molar-refractivity contribution in [3.63, 3.8) is 0 Å². The molecule has 1 aromatic heterocycles. The molecule has 0 saturated heterocycles. The van der Waals surface area contributed by atoms with Gasteiger partial charge in [0.1, 0.15) is 16.9 Å². The van der Waals surface area contributed by atoms with Crippen LogP contribution in [0.5, 0.6) is 0 Å². The van der Waals surface area contributed by atoms with Crippen molar-refractivity contribution in [2.45, 2.75) is 13.8 Å². The Kier molecular flexibility index (Phi) is 4.68. The first kappa shape index (κ1) is 13.7. The molecule has 0 radical (unpaired) electrons. The predicted molar refractivity (Wildman–Crippen MR) is 80.4 cm³/mol. The van der Waals surface area contributed by atoms with Crippen LogP contribution in [0, 0.1) is 6.92 Å². The van der Waals surface area contributed by atoms with Crippen LogP contribution < -0.4 is 0 Å². The summed E-state index contributed by atoms with van der Waals surface area (Å²) in [7, 11) is 0. The number of halogens is 1. The third-order valence-electron chi connectivity index (χ3n) is 2.61. The van der Waals surface area contributed by atoms with E-state index in [1.807, 2.05) is 31.2 Å². The maximum absolute atomic E-state index is 5.21. The fraction of sp³-hybridized carbons (Fsp3) is 0.200.